The van der Waals surface area contributed by atoms with Gasteiger partial charge in [-0.15, -0.1) is 0 Å². The summed E-state index contributed by atoms with van der Waals surface area (Å²) in [7, 11) is 0. The largest absolute Gasteiger partial charge is 0.507 e. The van der Waals surface area contributed by atoms with E-state index in [1.54, 1.807) is 0 Å². The van der Waals surface area contributed by atoms with E-state index in [0.29, 0.717) is 11.5 Å². The zero-order valence-electron chi connectivity index (χ0n) is 23.6. The number of hydrogen-bond donors (Lipinski definition) is 2. The second-order valence-electron chi connectivity index (χ2n) is 10.8. The molecule has 39 heavy (non-hydrogen) atoms. The molecule has 0 amide bonds. The van der Waals surface area contributed by atoms with Crippen LogP contribution in [0.1, 0.15) is 56.0 Å². The van der Waals surface area contributed by atoms with Gasteiger partial charge in [0.15, 0.2) is 0 Å². The Labute approximate surface area is 232 Å². The standard InChI is InChI=1S/C37H36O2/c1-22-20-33(24(3)26(5)36(22)38)35(34-21-23(2)37(39)27(6)25(34)4)32-18-16-31(17-19-32)30-14-12-29(13-15-30)28-10-8-7-9-11-28/h7-21,35,38-39H,1-6H3. The first-order valence-electron chi connectivity index (χ1n) is 13.5. The zero-order valence-corrected chi connectivity index (χ0v) is 23.6. The molecule has 0 aliphatic heterocycles. The van der Waals surface area contributed by atoms with Crippen LogP contribution >= 0.6 is 0 Å². The molecule has 0 aliphatic rings. The lowest BCUT2D eigenvalue weighted by Crippen LogP contribution is -2.10. The van der Waals surface area contributed by atoms with Crippen molar-refractivity contribution < 1.29 is 10.2 Å². The maximum Gasteiger partial charge on any atom is 0.121 e. The molecular formula is C37H36O2. The molecule has 2 heteroatoms. The van der Waals surface area contributed by atoms with Crippen molar-refractivity contribution >= 4 is 0 Å². The van der Waals surface area contributed by atoms with Crippen molar-refractivity contribution in [3.63, 3.8) is 0 Å². The lowest BCUT2D eigenvalue weighted by molar-refractivity contribution is 0.465. The summed E-state index contributed by atoms with van der Waals surface area (Å²) in [4.78, 5) is 0. The van der Waals surface area contributed by atoms with Crippen LogP contribution in [0.15, 0.2) is 91.0 Å². The second-order valence-corrected chi connectivity index (χ2v) is 10.8. The van der Waals surface area contributed by atoms with Crippen molar-refractivity contribution in [2.45, 2.75) is 47.5 Å². The molecule has 2 N–H and O–H groups in total. The Morgan fingerprint density at radius 2 is 0.795 bits per heavy atom. The summed E-state index contributed by atoms with van der Waals surface area (Å²) in [6.07, 6.45) is 0. The highest BCUT2D eigenvalue weighted by Gasteiger charge is 2.25. The number of benzene rings is 5. The summed E-state index contributed by atoms with van der Waals surface area (Å²) < 4.78 is 0. The zero-order chi connectivity index (χ0) is 27.8. The van der Waals surface area contributed by atoms with Crippen molar-refractivity contribution in [3.05, 3.63) is 141 Å². The minimum atomic E-state index is -0.0319. The third-order valence-electron chi connectivity index (χ3n) is 8.38. The van der Waals surface area contributed by atoms with Crippen LogP contribution in [0.3, 0.4) is 0 Å². The minimum Gasteiger partial charge on any atom is -0.507 e. The number of aryl methyl sites for hydroxylation is 2. The fraction of sp³-hybridized carbons (Fsp3) is 0.189. The van der Waals surface area contributed by atoms with Crippen LogP contribution in [-0.2, 0) is 0 Å². The van der Waals surface area contributed by atoms with Crippen LogP contribution < -0.4 is 0 Å². The second kappa shape index (κ2) is 10.5. The van der Waals surface area contributed by atoms with Gasteiger partial charge in [0, 0.05) is 5.92 Å². The van der Waals surface area contributed by atoms with Gasteiger partial charge in [0.2, 0.25) is 0 Å². The Hall–Kier alpha value is -4.30. The van der Waals surface area contributed by atoms with Crippen LogP contribution in [0.4, 0.5) is 0 Å². The number of hydrogen-bond acceptors (Lipinski definition) is 2. The summed E-state index contributed by atoms with van der Waals surface area (Å²) in [6, 6.07) is 32.2. The predicted octanol–water partition coefficient (Wildman–Crippen LogP) is 9.46. The molecule has 0 saturated heterocycles. The Bertz CT molecular complexity index is 1580. The Morgan fingerprint density at radius 1 is 0.436 bits per heavy atom. The normalized spacial score (nSPS) is 11.3. The summed E-state index contributed by atoms with van der Waals surface area (Å²) in [5, 5.41) is 21.3. The highest BCUT2D eigenvalue weighted by Crippen LogP contribution is 2.42. The fourth-order valence-corrected chi connectivity index (χ4v) is 5.68. The summed E-state index contributed by atoms with van der Waals surface area (Å²) in [6.45, 7) is 12.1. The Balaban J connectivity index is 1.61. The van der Waals surface area contributed by atoms with Crippen molar-refractivity contribution in [2.75, 3.05) is 0 Å². The molecule has 5 rings (SSSR count). The first kappa shape index (κ1) is 26.3. The average molecular weight is 513 g/mol. The number of phenols is 2. The van der Waals surface area contributed by atoms with Crippen molar-refractivity contribution in [3.8, 4) is 33.8 Å². The van der Waals surface area contributed by atoms with E-state index in [-0.39, 0.29) is 5.92 Å². The smallest absolute Gasteiger partial charge is 0.121 e. The molecule has 0 aromatic heterocycles. The van der Waals surface area contributed by atoms with E-state index in [1.165, 1.54) is 38.9 Å². The van der Waals surface area contributed by atoms with Gasteiger partial charge in [-0.3, -0.25) is 0 Å². The van der Waals surface area contributed by atoms with Crippen molar-refractivity contribution in [1.29, 1.82) is 0 Å². The molecule has 0 heterocycles. The number of rotatable bonds is 5. The SMILES string of the molecule is Cc1cc(C(c2ccc(-c3ccc(-c4ccccc4)cc3)cc2)c2cc(C)c(O)c(C)c2C)c(C)c(C)c1O. The van der Waals surface area contributed by atoms with Gasteiger partial charge in [-0.25, -0.2) is 0 Å². The number of phenolic OH excluding ortho intramolecular Hbond substituents is 2. The van der Waals surface area contributed by atoms with Gasteiger partial charge in [-0.2, -0.15) is 0 Å². The van der Waals surface area contributed by atoms with E-state index in [9.17, 15) is 10.2 Å². The minimum absolute atomic E-state index is 0.0319. The summed E-state index contributed by atoms with van der Waals surface area (Å²) >= 11 is 0. The molecule has 0 atom stereocenters. The maximum atomic E-state index is 10.6. The predicted molar refractivity (Wildman–Crippen MR) is 163 cm³/mol. The van der Waals surface area contributed by atoms with Gasteiger partial charge in [0.25, 0.3) is 0 Å². The molecule has 5 aromatic rings. The van der Waals surface area contributed by atoms with Gasteiger partial charge in [0.1, 0.15) is 11.5 Å². The van der Waals surface area contributed by atoms with E-state index in [1.807, 2.05) is 33.8 Å². The van der Waals surface area contributed by atoms with E-state index in [2.05, 4.69) is 98.8 Å². The van der Waals surface area contributed by atoms with Crippen LogP contribution in [0, 0.1) is 41.5 Å². The topological polar surface area (TPSA) is 40.5 Å². The van der Waals surface area contributed by atoms with Crippen LogP contribution in [0.2, 0.25) is 0 Å². The quantitative estimate of drug-likeness (QED) is 0.230. The molecule has 0 spiro atoms. The summed E-state index contributed by atoms with van der Waals surface area (Å²) in [5.41, 5.74) is 14.1. The lowest BCUT2D eigenvalue weighted by Gasteiger charge is -2.26. The highest BCUT2D eigenvalue weighted by atomic mass is 16.3. The Morgan fingerprint density at radius 3 is 1.21 bits per heavy atom. The van der Waals surface area contributed by atoms with Crippen LogP contribution in [0.25, 0.3) is 22.3 Å². The third-order valence-corrected chi connectivity index (χ3v) is 8.38. The molecule has 196 valence electrons. The molecule has 0 radical (unpaired) electrons. The molecule has 0 saturated carbocycles. The lowest BCUT2D eigenvalue weighted by atomic mass is 9.78. The van der Waals surface area contributed by atoms with Crippen LogP contribution in [0.5, 0.6) is 11.5 Å². The maximum absolute atomic E-state index is 10.6. The first-order chi connectivity index (χ1) is 18.7. The molecule has 2 nitrogen and oxygen atoms in total. The molecule has 5 aromatic carbocycles. The molecular weight excluding hydrogens is 476 g/mol. The third kappa shape index (κ3) is 4.83. The van der Waals surface area contributed by atoms with Crippen molar-refractivity contribution in [2.24, 2.45) is 0 Å². The number of aromatic hydroxyl groups is 2. The highest BCUT2D eigenvalue weighted by molar-refractivity contribution is 5.71. The Kier molecular flexibility index (Phi) is 7.06. The molecule has 0 unspecified atom stereocenters. The molecule has 0 fully saturated rings. The van der Waals surface area contributed by atoms with Gasteiger partial charge in [0.05, 0.1) is 0 Å². The average Bonchev–Trinajstić information content (AvgIpc) is 2.97. The van der Waals surface area contributed by atoms with E-state index in [0.717, 1.165) is 33.4 Å². The van der Waals surface area contributed by atoms with E-state index < -0.39 is 0 Å². The van der Waals surface area contributed by atoms with Gasteiger partial charge < -0.3 is 10.2 Å². The van der Waals surface area contributed by atoms with E-state index >= 15 is 0 Å². The van der Waals surface area contributed by atoms with E-state index in [4.69, 9.17) is 0 Å². The molecule has 0 aliphatic carbocycles. The first-order valence-corrected chi connectivity index (χ1v) is 13.5. The molecule has 0 bridgehead atoms. The fourth-order valence-electron chi connectivity index (χ4n) is 5.68. The van der Waals surface area contributed by atoms with Gasteiger partial charge >= 0.3 is 0 Å². The van der Waals surface area contributed by atoms with Gasteiger partial charge in [-0.1, -0.05) is 91.0 Å². The summed E-state index contributed by atoms with van der Waals surface area (Å²) in [5.74, 6) is 0.689. The van der Waals surface area contributed by atoms with Gasteiger partial charge in [-0.05, 0) is 114 Å². The van der Waals surface area contributed by atoms with Crippen LogP contribution in [-0.4, -0.2) is 10.2 Å². The monoisotopic (exact) mass is 512 g/mol. The van der Waals surface area contributed by atoms with Crippen molar-refractivity contribution in [1.82, 2.24) is 0 Å².